The van der Waals surface area contributed by atoms with Crippen LogP contribution >= 0.6 is 0 Å². The smallest absolute Gasteiger partial charge is 0.242 e. The first-order valence-corrected chi connectivity index (χ1v) is 4.56. The summed E-state index contributed by atoms with van der Waals surface area (Å²) in [5, 5.41) is 7.26. The molecule has 0 aliphatic carbocycles. The SMILES string of the molecule is O=CC1NN=C(C2CCNCC2)O1. The summed E-state index contributed by atoms with van der Waals surface area (Å²) >= 11 is 0. The molecule has 1 unspecified atom stereocenters. The molecule has 0 aromatic heterocycles. The first-order valence-electron chi connectivity index (χ1n) is 4.56. The summed E-state index contributed by atoms with van der Waals surface area (Å²) in [6, 6.07) is 0. The van der Waals surface area contributed by atoms with Crippen molar-refractivity contribution in [1.82, 2.24) is 10.7 Å². The Kier molecular flexibility index (Phi) is 2.44. The number of nitrogens with one attached hydrogen (secondary N) is 2. The molecule has 0 amide bonds. The lowest BCUT2D eigenvalue weighted by molar-refractivity contribution is -0.114. The van der Waals surface area contributed by atoms with Crippen LogP contribution in [0, 0.1) is 5.92 Å². The zero-order valence-corrected chi connectivity index (χ0v) is 7.32. The number of aldehydes is 1. The Hall–Kier alpha value is -1.10. The van der Waals surface area contributed by atoms with E-state index in [0.717, 1.165) is 32.2 Å². The van der Waals surface area contributed by atoms with Gasteiger partial charge >= 0.3 is 0 Å². The van der Waals surface area contributed by atoms with E-state index in [9.17, 15) is 4.79 Å². The molecule has 2 aliphatic rings. The van der Waals surface area contributed by atoms with Crippen molar-refractivity contribution in [3.8, 4) is 0 Å². The maximum Gasteiger partial charge on any atom is 0.242 e. The summed E-state index contributed by atoms with van der Waals surface area (Å²) < 4.78 is 5.29. The van der Waals surface area contributed by atoms with E-state index in [0.29, 0.717) is 11.8 Å². The second-order valence-electron chi connectivity index (χ2n) is 3.28. The number of ether oxygens (including phenoxy) is 1. The van der Waals surface area contributed by atoms with Crippen molar-refractivity contribution >= 4 is 12.2 Å². The molecule has 0 radical (unpaired) electrons. The van der Waals surface area contributed by atoms with Crippen molar-refractivity contribution < 1.29 is 9.53 Å². The quantitative estimate of drug-likeness (QED) is 0.563. The number of hydrogen-bond donors (Lipinski definition) is 2. The number of nitrogens with zero attached hydrogens (tertiary/aromatic N) is 1. The van der Waals surface area contributed by atoms with Crippen LogP contribution in [-0.4, -0.2) is 31.5 Å². The van der Waals surface area contributed by atoms with Crippen LogP contribution in [0.3, 0.4) is 0 Å². The monoisotopic (exact) mass is 183 g/mol. The van der Waals surface area contributed by atoms with Gasteiger partial charge in [0, 0.05) is 5.92 Å². The highest BCUT2D eigenvalue weighted by atomic mass is 16.5. The van der Waals surface area contributed by atoms with Crippen molar-refractivity contribution in [2.45, 2.75) is 19.1 Å². The van der Waals surface area contributed by atoms with E-state index in [-0.39, 0.29) is 0 Å². The Balaban J connectivity index is 1.90. The molecular formula is C8H13N3O2. The molecule has 2 N–H and O–H groups in total. The summed E-state index contributed by atoms with van der Waals surface area (Å²) in [6.07, 6.45) is 2.22. The molecule has 2 heterocycles. The number of hydrazone groups is 1. The topological polar surface area (TPSA) is 62.7 Å². The highest BCUT2D eigenvalue weighted by Crippen LogP contribution is 2.17. The summed E-state index contributed by atoms with van der Waals surface area (Å²) in [6.45, 7) is 2.00. The third kappa shape index (κ3) is 1.80. The van der Waals surface area contributed by atoms with Gasteiger partial charge in [0.05, 0.1) is 0 Å². The van der Waals surface area contributed by atoms with Crippen molar-refractivity contribution in [2.75, 3.05) is 13.1 Å². The van der Waals surface area contributed by atoms with E-state index in [1.165, 1.54) is 0 Å². The van der Waals surface area contributed by atoms with Gasteiger partial charge < -0.3 is 10.1 Å². The van der Waals surface area contributed by atoms with E-state index < -0.39 is 6.23 Å². The van der Waals surface area contributed by atoms with Gasteiger partial charge in [-0.15, -0.1) is 5.10 Å². The standard InChI is InChI=1S/C8H13N3O2/c12-5-7-10-11-8(13-7)6-1-3-9-4-2-6/h5-7,9-10H,1-4H2. The van der Waals surface area contributed by atoms with Gasteiger partial charge in [-0.1, -0.05) is 0 Å². The molecule has 0 bridgehead atoms. The van der Waals surface area contributed by atoms with Gasteiger partial charge in [-0.25, -0.2) is 0 Å². The molecule has 2 aliphatic heterocycles. The third-order valence-electron chi connectivity index (χ3n) is 2.36. The maximum absolute atomic E-state index is 10.4. The van der Waals surface area contributed by atoms with Crippen LogP contribution in [0.1, 0.15) is 12.8 Å². The summed E-state index contributed by atoms with van der Waals surface area (Å²) in [4.78, 5) is 10.4. The molecule has 1 atom stereocenters. The minimum absolute atomic E-state index is 0.374. The maximum atomic E-state index is 10.4. The average molecular weight is 183 g/mol. The van der Waals surface area contributed by atoms with E-state index in [4.69, 9.17) is 4.74 Å². The highest BCUT2D eigenvalue weighted by Gasteiger charge is 2.27. The molecule has 72 valence electrons. The Morgan fingerprint density at radius 3 is 2.85 bits per heavy atom. The fraction of sp³-hybridized carbons (Fsp3) is 0.750. The van der Waals surface area contributed by atoms with Crippen LogP contribution in [-0.2, 0) is 9.53 Å². The largest absolute Gasteiger partial charge is 0.447 e. The van der Waals surface area contributed by atoms with Gasteiger partial charge in [-0.05, 0) is 25.9 Å². The summed E-state index contributed by atoms with van der Waals surface area (Å²) in [5.41, 5.74) is 2.63. The lowest BCUT2D eigenvalue weighted by atomic mass is 9.98. The molecule has 5 nitrogen and oxygen atoms in total. The fourth-order valence-electron chi connectivity index (χ4n) is 1.62. The van der Waals surface area contributed by atoms with Crippen molar-refractivity contribution in [3.05, 3.63) is 0 Å². The molecule has 0 aromatic rings. The molecule has 2 rings (SSSR count). The zero-order valence-electron chi connectivity index (χ0n) is 7.32. The predicted molar refractivity (Wildman–Crippen MR) is 47.1 cm³/mol. The van der Waals surface area contributed by atoms with Gasteiger partial charge in [0.15, 0.2) is 6.29 Å². The Labute approximate surface area is 76.5 Å². The van der Waals surface area contributed by atoms with Crippen molar-refractivity contribution in [1.29, 1.82) is 0 Å². The van der Waals surface area contributed by atoms with Crippen LogP contribution in [0.15, 0.2) is 5.10 Å². The fourth-order valence-corrected chi connectivity index (χ4v) is 1.62. The lowest BCUT2D eigenvalue weighted by Gasteiger charge is -2.21. The number of hydrogen-bond acceptors (Lipinski definition) is 5. The first kappa shape index (κ1) is 8.50. The second kappa shape index (κ2) is 3.74. The van der Waals surface area contributed by atoms with Gasteiger partial charge in [0.1, 0.15) is 0 Å². The number of carbonyl (C=O) groups is 1. The predicted octanol–water partition coefficient (Wildman–Crippen LogP) is -0.556. The van der Waals surface area contributed by atoms with Crippen LogP contribution in [0.5, 0.6) is 0 Å². The highest BCUT2D eigenvalue weighted by molar-refractivity contribution is 5.82. The van der Waals surface area contributed by atoms with E-state index in [1.807, 2.05) is 0 Å². The molecule has 0 aromatic carbocycles. The van der Waals surface area contributed by atoms with Crippen molar-refractivity contribution in [2.24, 2.45) is 11.0 Å². The Morgan fingerprint density at radius 2 is 2.23 bits per heavy atom. The average Bonchev–Trinajstić information content (AvgIpc) is 2.67. The van der Waals surface area contributed by atoms with E-state index >= 15 is 0 Å². The minimum Gasteiger partial charge on any atom is -0.447 e. The minimum atomic E-state index is -0.565. The Bertz CT molecular complexity index is 223. The van der Waals surface area contributed by atoms with Crippen LogP contribution in [0.2, 0.25) is 0 Å². The summed E-state index contributed by atoms with van der Waals surface area (Å²) in [7, 11) is 0. The molecular weight excluding hydrogens is 170 g/mol. The molecule has 0 saturated carbocycles. The number of carbonyl (C=O) groups excluding carboxylic acids is 1. The molecule has 5 heteroatoms. The molecule has 13 heavy (non-hydrogen) atoms. The molecule has 1 fully saturated rings. The second-order valence-corrected chi connectivity index (χ2v) is 3.28. The van der Waals surface area contributed by atoms with Crippen molar-refractivity contribution in [3.63, 3.8) is 0 Å². The van der Waals surface area contributed by atoms with E-state index in [2.05, 4.69) is 15.8 Å². The van der Waals surface area contributed by atoms with Gasteiger partial charge in [-0.2, -0.15) is 0 Å². The normalized spacial score (nSPS) is 28.9. The third-order valence-corrected chi connectivity index (χ3v) is 2.36. The van der Waals surface area contributed by atoms with Crippen LogP contribution in [0.4, 0.5) is 0 Å². The Morgan fingerprint density at radius 1 is 1.46 bits per heavy atom. The molecule has 1 saturated heterocycles. The van der Waals surface area contributed by atoms with Crippen LogP contribution in [0.25, 0.3) is 0 Å². The lowest BCUT2D eigenvalue weighted by Crippen LogP contribution is -2.33. The first-order chi connectivity index (χ1) is 6.40. The number of piperidine rings is 1. The van der Waals surface area contributed by atoms with Gasteiger partial charge in [-0.3, -0.25) is 10.2 Å². The van der Waals surface area contributed by atoms with Crippen LogP contribution < -0.4 is 10.7 Å². The van der Waals surface area contributed by atoms with Gasteiger partial charge in [0.25, 0.3) is 0 Å². The summed E-state index contributed by atoms with van der Waals surface area (Å²) in [5.74, 6) is 1.07. The zero-order chi connectivity index (χ0) is 9.10. The van der Waals surface area contributed by atoms with E-state index in [1.54, 1.807) is 0 Å². The number of rotatable bonds is 2. The molecule has 0 spiro atoms. The van der Waals surface area contributed by atoms with Gasteiger partial charge in [0.2, 0.25) is 12.1 Å².